The summed E-state index contributed by atoms with van der Waals surface area (Å²) in [5, 5.41) is 9.51. The third-order valence-electron chi connectivity index (χ3n) is 4.77. The maximum atomic E-state index is 12.7. The number of rotatable bonds is 3. The molecule has 3 rings (SSSR count). The predicted molar refractivity (Wildman–Crippen MR) is 106 cm³/mol. The number of ether oxygens (including phenoxy) is 2. The molecule has 0 bridgehead atoms. The van der Waals surface area contributed by atoms with Gasteiger partial charge in [0, 0.05) is 12.6 Å². The first-order chi connectivity index (χ1) is 14.6. The SMILES string of the molecule is CC1CC(O)CCN1C(=O)OCc1ccccc1.COc1cc(C(F)(F)F)ccc1F. The monoisotopic (exact) mass is 443 g/mol. The number of carbonyl (C=O) groups excluding carboxylic acids is 1. The Morgan fingerprint density at radius 2 is 1.87 bits per heavy atom. The van der Waals surface area contributed by atoms with E-state index >= 15 is 0 Å². The number of halogens is 4. The van der Waals surface area contributed by atoms with Crippen LogP contribution in [0.5, 0.6) is 5.75 Å². The molecule has 1 aliphatic heterocycles. The summed E-state index contributed by atoms with van der Waals surface area (Å²) in [6.07, 6.45) is -3.80. The minimum Gasteiger partial charge on any atom is -0.494 e. The van der Waals surface area contributed by atoms with Gasteiger partial charge in [-0.1, -0.05) is 30.3 Å². The Hall–Kier alpha value is -2.81. The summed E-state index contributed by atoms with van der Waals surface area (Å²) in [6, 6.07) is 11.7. The Balaban J connectivity index is 0.000000233. The number of hydrogen-bond donors (Lipinski definition) is 1. The molecule has 1 saturated heterocycles. The van der Waals surface area contributed by atoms with Crippen molar-refractivity contribution < 1.29 is 36.9 Å². The van der Waals surface area contributed by atoms with Crippen molar-refractivity contribution in [1.82, 2.24) is 4.90 Å². The second-order valence-corrected chi connectivity index (χ2v) is 7.11. The topological polar surface area (TPSA) is 59.0 Å². The van der Waals surface area contributed by atoms with Gasteiger partial charge in [0.2, 0.25) is 0 Å². The van der Waals surface area contributed by atoms with Crippen molar-refractivity contribution in [1.29, 1.82) is 0 Å². The van der Waals surface area contributed by atoms with Crippen molar-refractivity contribution in [3.8, 4) is 5.75 Å². The molecule has 0 saturated carbocycles. The summed E-state index contributed by atoms with van der Waals surface area (Å²) >= 11 is 0. The van der Waals surface area contributed by atoms with Gasteiger partial charge in [-0.2, -0.15) is 13.2 Å². The van der Waals surface area contributed by atoms with E-state index in [2.05, 4.69) is 4.74 Å². The smallest absolute Gasteiger partial charge is 0.416 e. The maximum absolute atomic E-state index is 12.7. The molecule has 1 heterocycles. The highest BCUT2D eigenvalue weighted by molar-refractivity contribution is 5.68. The lowest BCUT2D eigenvalue weighted by molar-refractivity contribution is -0.137. The van der Waals surface area contributed by atoms with Crippen molar-refractivity contribution >= 4 is 6.09 Å². The van der Waals surface area contributed by atoms with E-state index in [-0.39, 0.29) is 18.2 Å². The third kappa shape index (κ3) is 7.43. The Bertz CT molecular complexity index is 845. The Kier molecular flexibility index (Phi) is 8.67. The van der Waals surface area contributed by atoms with E-state index in [0.717, 1.165) is 18.7 Å². The summed E-state index contributed by atoms with van der Waals surface area (Å²) in [7, 11) is 1.11. The zero-order valence-corrected chi connectivity index (χ0v) is 17.2. The van der Waals surface area contributed by atoms with Gasteiger partial charge < -0.3 is 19.5 Å². The average molecular weight is 443 g/mol. The molecule has 2 atom stereocenters. The van der Waals surface area contributed by atoms with Crippen LogP contribution in [-0.4, -0.2) is 41.9 Å². The highest BCUT2D eigenvalue weighted by atomic mass is 19.4. The van der Waals surface area contributed by atoms with Gasteiger partial charge in [-0.3, -0.25) is 0 Å². The number of methoxy groups -OCH3 is 1. The molecule has 5 nitrogen and oxygen atoms in total. The second-order valence-electron chi connectivity index (χ2n) is 7.11. The van der Waals surface area contributed by atoms with Crippen LogP contribution in [0.4, 0.5) is 22.4 Å². The van der Waals surface area contributed by atoms with Crippen LogP contribution in [0.2, 0.25) is 0 Å². The van der Waals surface area contributed by atoms with Crippen LogP contribution in [-0.2, 0) is 17.5 Å². The molecule has 1 fully saturated rings. The van der Waals surface area contributed by atoms with E-state index in [1.54, 1.807) is 4.90 Å². The Morgan fingerprint density at radius 3 is 2.45 bits per heavy atom. The van der Waals surface area contributed by atoms with Crippen LogP contribution >= 0.6 is 0 Å². The summed E-state index contributed by atoms with van der Waals surface area (Å²) in [5.74, 6) is -1.22. The molecule has 0 radical (unpaired) electrons. The average Bonchev–Trinajstić information content (AvgIpc) is 2.73. The standard InChI is InChI=1S/C14H19NO3.C8H6F4O/c1-11-9-13(16)7-8-15(11)14(17)18-10-12-5-3-2-4-6-12;1-13-7-4-5(8(10,11)12)2-3-6(7)9/h2-6,11,13,16H,7-10H2,1H3;2-4H,1H3. The molecule has 2 aromatic rings. The molecule has 1 amide bonds. The lowest BCUT2D eigenvalue weighted by Gasteiger charge is -2.34. The van der Waals surface area contributed by atoms with Crippen molar-refractivity contribution in [2.24, 2.45) is 0 Å². The fourth-order valence-electron chi connectivity index (χ4n) is 3.06. The first-order valence-corrected chi connectivity index (χ1v) is 9.68. The highest BCUT2D eigenvalue weighted by Gasteiger charge is 2.31. The Labute approximate surface area is 178 Å². The van der Waals surface area contributed by atoms with Crippen LogP contribution in [0.1, 0.15) is 30.9 Å². The number of benzene rings is 2. The predicted octanol–water partition coefficient (Wildman–Crippen LogP) is 5.02. The van der Waals surface area contributed by atoms with Gasteiger partial charge in [-0.25, -0.2) is 9.18 Å². The molecule has 1 aliphatic rings. The van der Waals surface area contributed by atoms with Gasteiger partial charge in [-0.15, -0.1) is 0 Å². The second kappa shape index (κ2) is 11.0. The molecule has 0 aromatic heterocycles. The number of aliphatic hydroxyl groups excluding tert-OH is 1. The van der Waals surface area contributed by atoms with Gasteiger partial charge >= 0.3 is 12.3 Å². The molecular weight excluding hydrogens is 418 g/mol. The fourth-order valence-corrected chi connectivity index (χ4v) is 3.06. The van der Waals surface area contributed by atoms with Crippen molar-refractivity contribution in [2.45, 2.75) is 44.7 Å². The van der Waals surface area contributed by atoms with E-state index in [1.807, 2.05) is 37.3 Å². The van der Waals surface area contributed by atoms with E-state index in [1.165, 1.54) is 0 Å². The van der Waals surface area contributed by atoms with E-state index in [4.69, 9.17) is 4.74 Å². The molecule has 0 spiro atoms. The number of nitrogens with zero attached hydrogens (tertiary/aromatic N) is 1. The van der Waals surface area contributed by atoms with Gasteiger partial charge in [0.05, 0.1) is 18.8 Å². The molecule has 9 heteroatoms. The number of piperidine rings is 1. The third-order valence-corrected chi connectivity index (χ3v) is 4.77. The van der Waals surface area contributed by atoms with Gasteiger partial charge in [0.25, 0.3) is 0 Å². The normalized spacial score (nSPS) is 18.6. The minimum absolute atomic E-state index is 0.0389. The summed E-state index contributed by atoms with van der Waals surface area (Å²) in [5.41, 5.74) is 0.0568. The minimum atomic E-state index is -4.47. The first-order valence-electron chi connectivity index (χ1n) is 9.68. The molecule has 2 aromatic carbocycles. The van der Waals surface area contributed by atoms with Crippen molar-refractivity contribution in [2.75, 3.05) is 13.7 Å². The zero-order chi connectivity index (χ0) is 23.0. The fraction of sp³-hybridized carbons (Fsp3) is 0.409. The van der Waals surface area contributed by atoms with Gasteiger partial charge in [0.15, 0.2) is 11.6 Å². The van der Waals surface area contributed by atoms with Crippen molar-refractivity contribution in [3.05, 3.63) is 65.5 Å². The molecular formula is C22H25F4NO4. The van der Waals surface area contributed by atoms with Crippen LogP contribution in [0.25, 0.3) is 0 Å². The Morgan fingerprint density at radius 1 is 1.19 bits per heavy atom. The lowest BCUT2D eigenvalue weighted by Crippen LogP contribution is -2.46. The number of hydrogen-bond acceptors (Lipinski definition) is 4. The molecule has 1 N–H and O–H groups in total. The van der Waals surface area contributed by atoms with Crippen LogP contribution < -0.4 is 4.74 Å². The number of carbonyl (C=O) groups is 1. The summed E-state index contributed by atoms with van der Waals surface area (Å²) < 4.78 is 58.5. The van der Waals surface area contributed by atoms with Crippen molar-refractivity contribution in [3.63, 3.8) is 0 Å². The highest BCUT2D eigenvalue weighted by Crippen LogP contribution is 2.32. The van der Waals surface area contributed by atoms with Crippen LogP contribution in [0, 0.1) is 5.82 Å². The quantitative estimate of drug-likeness (QED) is 0.677. The number of amides is 1. The van der Waals surface area contributed by atoms with Gasteiger partial charge in [0.1, 0.15) is 6.61 Å². The van der Waals surface area contributed by atoms with E-state index < -0.39 is 23.3 Å². The zero-order valence-electron chi connectivity index (χ0n) is 17.2. The van der Waals surface area contributed by atoms with E-state index in [0.29, 0.717) is 38.1 Å². The lowest BCUT2D eigenvalue weighted by atomic mass is 10.0. The number of aliphatic hydroxyl groups is 1. The molecule has 0 aliphatic carbocycles. The number of likely N-dealkylation sites (tertiary alicyclic amines) is 1. The molecule has 2 unspecified atom stereocenters. The van der Waals surface area contributed by atoms with Crippen LogP contribution in [0.3, 0.4) is 0 Å². The summed E-state index contributed by atoms with van der Waals surface area (Å²) in [6.45, 7) is 2.80. The van der Waals surface area contributed by atoms with E-state index in [9.17, 15) is 27.5 Å². The summed E-state index contributed by atoms with van der Waals surface area (Å²) in [4.78, 5) is 13.6. The van der Waals surface area contributed by atoms with Gasteiger partial charge in [-0.05, 0) is 43.5 Å². The maximum Gasteiger partial charge on any atom is 0.416 e. The van der Waals surface area contributed by atoms with Crippen LogP contribution in [0.15, 0.2) is 48.5 Å². The molecule has 31 heavy (non-hydrogen) atoms. The first kappa shape index (κ1) is 24.5. The number of alkyl halides is 3. The largest absolute Gasteiger partial charge is 0.494 e. The molecule has 170 valence electrons.